The molecule has 1 fully saturated rings. The number of methoxy groups -OCH3 is 1. The number of benzene rings is 1. The largest absolute Gasteiger partial charge is 0.496 e. The average Bonchev–Trinajstić information content (AvgIpc) is 3.13. The number of carbonyl (C=O) groups is 1. The number of pyridine rings is 1. The Morgan fingerprint density at radius 2 is 2.03 bits per heavy atom. The number of carbonyl (C=O) groups excluding carboxylic acids is 1. The fourth-order valence-corrected chi connectivity index (χ4v) is 4.83. The molecule has 0 unspecified atom stereocenters. The highest BCUT2D eigenvalue weighted by molar-refractivity contribution is 6.06. The van der Waals surface area contributed by atoms with Crippen LogP contribution in [0.5, 0.6) is 5.75 Å². The Balaban J connectivity index is 1.61. The van der Waals surface area contributed by atoms with Crippen LogP contribution in [0.25, 0.3) is 10.9 Å². The van der Waals surface area contributed by atoms with Crippen molar-refractivity contribution >= 4 is 16.8 Å². The molecule has 7 nitrogen and oxygen atoms in total. The first kappa shape index (κ1) is 22.1. The van der Waals surface area contributed by atoms with Gasteiger partial charge in [-0.3, -0.25) is 9.59 Å². The zero-order chi connectivity index (χ0) is 22.8. The number of nitrogens with zero attached hydrogens (tertiary/aromatic N) is 1. The molecule has 1 saturated heterocycles. The zero-order valence-corrected chi connectivity index (χ0v) is 19.2. The summed E-state index contributed by atoms with van der Waals surface area (Å²) in [7, 11) is 1.52. The Morgan fingerprint density at radius 3 is 2.75 bits per heavy atom. The van der Waals surface area contributed by atoms with Crippen molar-refractivity contribution in [2.75, 3.05) is 20.3 Å². The molecule has 2 aromatic heterocycles. The molecule has 7 heteroatoms. The molecule has 0 radical (unpaired) electrons. The van der Waals surface area contributed by atoms with Gasteiger partial charge in [-0.05, 0) is 63.8 Å². The number of amides is 1. The average molecular weight is 438 g/mol. The van der Waals surface area contributed by atoms with E-state index in [0.29, 0.717) is 34.5 Å². The molecule has 1 aromatic carbocycles. The molecule has 1 aliphatic rings. The minimum absolute atomic E-state index is 0.0895. The van der Waals surface area contributed by atoms with E-state index in [9.17, 15) is 9.59 Å². The molecule has 4 rings (SSSR count). The first-order valence-corrected chi connectivity index (χ1v) is 11.1. The molecule has 1 atom stereocenters. The lowest BCUT2D eigenvalue weighted by molar-refractivity contribution is 0.0517. The number of nitrogens with one attached hydrogen (secondary N) is 2. The van der Waals surface area contributed by atoms with Crippen molar-refractivity contribution < 1.29 is 14.3 Å². The lowest BCUT2D eigenvalue weighted by atomic mass is 9.92. The molecule has 1 aliphatic heterocycles. The first-order valence-electron chi connectivity index (χ1n) is 11.1. The van der Waals surface area contributed by atoms with E-state index in [2.05, 4.69) is 40.8 Å². The van der Waals surface area contributed by atoms with E-state index < -0.39 is 0 Å². The van der Waals surface area contributed by atoms with Crippen LogP contribution >= 0.6 is 0 Å². The van der Waals surface area contributed by atoms with Crippen molar-refractivity contribution in [1.29, 1.82) is 0 Å². The van der Waals surface area contributed by atoms with Crippen LogP contribution in [0.1, 0.15) is 53.1 Å². The lowest BCUT2D eigenvalue weighted by Crippen LogP contribution is -2.27. The van der Waals surface area contributed by atoms with Crippen LogP contribution in [0, 0.1) is 19.8 Å². The Kier molecular flexibility index (Phi) is 6.37. The maximum Gasteiger partial charge on any atom is 0.256 e. The van der Waals surface area contributed by atoms with Gasteiger partial charge in [-0.25, -0.2) is 0 Å². The van der Waals surface area contributed by atoms with Gasteiger partial charge in [-0.15, -0.1) is 0 Å². The summed E-state index contributed by atoms with van der Waals surface area (Å²) in [5.74, 6) is 0.807. The summed E-state index contributed by atoms with van der Waals surface area (Å²) in [5, 5.41) is 3.82. The van der Waals surface area contributed by atoms with Crippen molar-refractivity contribution in [3.05, 3.63) is 63.2 Å². The number of aromatic nitrogens is 2. The van der Waals surface area contributed by atoms with E-state index in [4.69, 9.17) is 9.47 Å². The van der Waals surface area contributed by atoms with Gasteiger partial charge in [0.25, 0.3) is 11.5 Å². The van der Waals surface area contributed by atoms with E-state index >= 15 is 0 Å². The smallest absolute Gasteiger partial charge is 0.256 e. The number of ether oxygens (including phenoxy) is 2. The quantitative estimate of drug-likeness (QED) is 0.613. The van der Waals surface area contributed by atoms with Gasteiger partial charge in [0.15, 0.2) is 0 Å². The maximum absolute atomic E-state index is 13.1. The van der Waals surface area contributed by atoms with Crippen LogP contribution < -0.4 is 15.6 Å². The minimum Gasteiger partial charge on any atom is -0.496 e. The number of fused-ring (bicyclic) bond motifs is 1. The van der Waals surface area contributed by atoms with Gasteiger partial charge in [0.2, 0.25) is 0 Å². The van der Waals surface area contributed by atoms with Crippen LogP contribution in [0.4, 0.5) is 0 Å². The number of aromatic amines is 1. The summed E-state index contributed by atoms with van der Waals surface area (Å²) in [6.07, 6.45) is 2.10. The highest BCUT2D eigenvalue weighted by Gasteiger charge is 2.25. The van der Waals surface area contributed by atoms with Crippen LogP contribution in [-0.2, 0) is 11.3 Å². The number of hydrogen-bond acceptors (Lipinski definition) is 4. The Morgan fingerprint density at radius 1 is 1.28 bits per heavy atom. The van der Waals surface area contributed by atoms with Crippen molar-refractivity contribution in [2.45, 2.75) is 46.2 Å². The standard InChI is InChI=1S/C25H31N3O4/c1-15-12-23(31-4)21(25(30)27-15)14-26-24(29)19-6-5-7-22-20(19)13-16(2)28(22)17(3)18-8-10-32-11-9-18/h5-7,12-13,17-18H,8-11,14H2,1-4H3,(H,26,29)(H,27,30)/t17-/m1/s1. The molecule has 0 aliphatic carbocycles. The summed E-state index contributed by atoms with van der Waals surface area (Å²) in [5.41, 5.74) is 3.65. The van der Waals surface area contributed by atoms with Crippen molar-refractivity contribution in [3.63, 3.8) is 0 Å². The van der Waals surface area contributed by atoms with Crippen LogP contribution in [-0.4, -0.2) is 35.8 Å². The third kappa shape index (κ3) is 4.17. The number of aryl methyl sites for hydroxylation is 2. The molecule has 0 saturated carbocycles. The molecule has 1 amide bonds. The summed E-state index contributed by atoms with van der Waals surface area (Å²) in [4.78, 5) is 28.2. The number of H-pyrrole nitrogens is 1. The van der Waals surface area contributed by atoms with Gasteiger partial charge in [-0.2, -0.15) is 0 Å². The second kappa shape index (κ2) is 9.20. The van der Waals surface area contributed by atoms with Gasteiger partial charge in [-0.1, -0.05) is 6.07 Å². The predicted molar refractivity (Wildman–Crippen MR) is 124 cm³/mol. The van der Waals surface area contributed by atoms with E-state index in [1.54, 1.807) is 13.0 Å². The van der Waals surface area contributed by atoms with Crippen LogP contribution in [0.2, 0.25) is 0 Å². The first-order chi connectivity index (χ1) is 15.4. The van der Waals surface area contributed by atoms with Crippen molar-refractivity contribution in [1.82, 2.24) is 14.9 Å². The third-order valence-corrected chi connectivity index (χ3v) is 6.55. The monoisotopic (exact) mass is 437 g/mol. The third-order valence-electron chi connectivity index (χ3n) is 6.55. The highest BCUT2D eigenvalue weighted by atomic mass is 16.5. The Hall–Kier alpha value is -3.06. The van der Waals surface area contributed by atoms with Crippen LogP contribution in [0.3, 0.4) is 0 Å². The normalized spacial score (nSPS) is 15.6. The lowest BCUT2D eigenvalue weighted by Gasteiger charge is -2.30. The summed E-state index contributed by atoms with van der Waals surface area (Å²) >= 11 is 0. The van der Waals surface area contributed by atoms with Crippen LogP contribution in [0.15, 0.2) is 35.1 Å². The zero-order valence-electron chi connectivity index (χ0n) is 19.2. The van der Waals surface area contributed by atoms with Gasteiger partial charge in [0, 0.05) is 47.1 Å². The molecule has 3 aromatic rings. The van der Waals surface area contributed by atoms with E-state index in [-0.39, 0.29) is 18.0 Å². The molecule has 0 spiro atoms. The van der Waals surface area contributed by atoms with Crippen molar-refractivity contribution in [2.24, 2.45) is 5.92 Å². The second-order valence-corrected chi connectivity index (χ2v) is 8.60. The SMILES string of the molecule is COc1cc(C)[nH]c(=O)c1CNC(=O)c1cccc2c1cc(C)n2[C@H](C)C1CCOCC1. The minimum atomic E-state index is -0.257. The Bertz CT molecular complexity index is 1190. The van der Waals surface area contributed by atoms with Gasteiger partial charge >= 0.3 is 0 Å². The predicted octanol–water partition coefficient (Wildman–Crippen LogP) is 3.87. The fourth-order valence-electron chi connectivity index (χ4n) is 4.83. The van der Waals surface area contributed by atoms with E-state index in [0.717, 1.165) is 42.7 Å². The molecular weight excluding hydrogens is 406 g/mol. The molecule has 3 heterocycles. The van der Waals surface area contributed by atoms with Gasteiger partial charge in [0.05, 0.1) is 19.2 Å². The van der Waals surface area contributed by atoms with E-state index in [1.807, 2.05) is 12.1 Å². The molecule has 2 N–H and O–H groups in total. The Labute approximate surface area is 187 Å². The highest BCUT2D eigenvalue weighted by Crippen LogP contribution is 2.33. The van der Waals surface area contributed by atoms with Gasteiger partial charge in [0.1, 0.15) is 5.75 Å². The summed E-state index contributed by atoms with van der Waals surface area (Å²) in [6, 6.07) is 9.98. The molecule has 170 valence electrons. The molecular formula is C25H31N3O4. The number of hydrogen-bond donors (Lipinski definition) is 2. The van der Waals surface area contributed by atoms with E-state index in [1.165, 1.54) is 7.11 Å². The van der Waals surface area contributed by atoms with Crippen molar-refractivity contribution in [3.8, 4) is 5.75 Å². The summed E-state index contributed by atoms with van der Waals surface area (Å²) < 4.78 is 13.2. The maximum atomic E-state index is 13.1. The fraction of sp³-hybridized carbons (Fsp3) is 0.440. The molecule has 32 heavy (non-hydrogen) atoms. The second-order valence-electron chi connectivity index (χ2n) is 8.60. The van der Waals surface area contributed by atoms with Gasteiger partial charge < -0.3 is 24.3 Å². The number of rotatable bonds is 6. The summed E-state index contributed by atoms with van der Waals surface area (Å²) in [6.45, 7) is 7.85. The topological polar surface area (TPSA) is 85.4 Å². The molecule has 0 bridgehead atoms.